The highest BCUT2D eigenvalue weighted by atomic mass is 79.9. The molecule has 0 atom stereocenters. The Kier molecular flexibility index (Phi) is 3.46. The summed E-state index contributed by atoms with van der Waals surface area (Å²) in [5.41, 5.74) is 1.56. The topological polar surface area (TPSA) is 24.9 Å². The fourth-order valence-corrected chi connectivity index (χ4v) is 2.89. The first-order valence-corrected chi connectivity index (χ1v) is 7.53. The molecule has 0 unspecified atom stereocenters. The lowest BCUT2D eigenvalue weighted by atomic mass is 10.2. The van der Waals surface area contributed by atoms with Crippen molar-refractivity contribution in [2.45, 2.75) is 25.4 Å². The number of hydrogen-bond donors (Lipinski definition) is 1. The van der Waals surface area contributed by atoms with Crippen LogP contribution >= 0.6 is 27.3 Å². The first kappa shape index (κ1) is 12.3. The third kappa shape index (κ3) is 2.79. The van der Waals surface area contributed by atoms with Gasteiger partial charge in [0, 0.05) is 28.0 Å². The Morgan fingerprint density at radius 2 is 2.28 bits per heavy atom. The summed E-state index contributed by atoms with van der Waals surface area (Å²) in [6, 6.07) is 5.73. The molecule has 94 valence electrons. The summed E-state index contributed by atoms with van der Waals surface area (Å²) in [4.78, 5) is 4.47. The quantitative estimate of drug-likeness (QED) is 0.919. The molecule has 18 heavy (non-hydrogen) atoms. The predicted molar refractivity (Wildman–Crippen MR) is 75.1 cm³/mol. The lowest BCUT2D eigenvalue weighted by Crippen LogP contribution is -2.15. The van der Waals surface area contributed by atoms with Gasteiger partial charge in [-0.3, -0.25) is 0 Å². The molecule has 1 aliphatic rings. The van der Waals surface area contributed by atoms with E-state index in [4.69, 9.17) is 0 Å². The molecule has 0 bridgehead atoms. The number of nitrogens with zero attached hydrogens (tertiary/aromatic N) is 1. The van der Waals surface area contributed by atoms with E-state index < -0.39 is 0 Å². The van der Waals surface area contributed by atoms with Gasteiger partial charge in [0.25, 0.3) is 0 Å². The fourth-order valence-electron chi connectivity index (χ4n) is 1.71. The van der Waals surface area contributed by atoms with Crippen molar-refractivity contribution in [1.29, 1.82) is 0 Å². The smallest absolute Gasteiger partial charge is 0.134 e. The lowest BCUT2D eigenvalue weighted by Gasteiger charge is -2.00. The second kappa shape index (κ2) is 5.07. The van der Waals surface area contributed by atoms with Crippen LogP contribution in [0.3, 0.4) is 0 Å². The molecule has 0 saturated heterocycles. The lowest BCUT2D eigenvalue weighted by molar-refractivity contribution is 0.630. The van der Waals surface area contributed by atoms with Gasteiger partial charge in [0.2, 0.25) is 0 Å². The number of aromatic nitrogens is 1. The van der Waals surface area contributed by atoms with Crippen LogP contribution in [0.2, 0.25) is 0 Å². The van der Waals surface area contributed by atoms with Gasteiger partial charge in [0.15, 0.2) is 0 Å². The molecule has 1 saturated carbocycles. The Morgan fingerprint density at radius 3 is 3.00 bits per heavy atom. The maximum atomic E-state index is 13.8. The van der Waals surface area contributed by atoms with Crippen LogP contribution in [0, 0.1) is 5.82 Å². The minimum atomic E-state index is -0.236. The number of nitrogens with one attached hydrogen (secondary N) is 1. The molecular formula is C13H12BrFN2S. The van der Waals surface area contributed by atoms with Crippen molar-refractivity contribution in [3.63, 3.8) is 0 Å². The van der Waals surface area contributed by atoms with E-state index in [0.717, 1.165) is 21.7 Å². The molecule has 1 aromatic heterocycles. The predicted octanol–water partition coefficient (Wildman–Crippen LogP) is 3.96. The van der Waals surface area contributed by atoms with E-state index in [-0.39, 0.29) is 5.82 Å². The maximum absolute atomic E-state index is 13.8. The van der Waals surface area contributed by atoms with Gasteiger partial charge in [-0.1, -0.05) is 15.9 Å². The summed E-state index contributed by atoms with van der Waals surface area (Å²) in [5, 5.41) is 6.14. The van der Waals surface area contributed by atoms with Crippen LogP contribution in [0.25, 0.3) is 10.6 Å². The normalized spacial score (nSPS) is 15.0. The molecule has 1 aliphatic carbocycles. The molecule has 0 aliphatic heterocycles. The van der Waals surface area contributed by atoms with Gasteiger partial charge < -0.3 is 5.32 Å². The van der Waals surface area contributed by atoms with Crippen molar-refractivity contribution < 1.29 is 4.39 Å². The largest absolute Gasteiger partial charge is 0.308 e. The summed E-state index contributed by atoms with van der Waals surface area (Å²) in [6.07, 6.45) is 2.52. The number of thiazole rings is 1. The Hall–Kier alpha value is -0.780. The van der Waals surface area contributed by atoms with E-state index in [2.05, 4.69) is 26.2 Å². The number of rotatable bonds is 4. The summed E-state index contributed by atoms with van der Waals surface area (Å²) in [5.74, 6) is -0.236. The highest BCUT2D eigenvalue weighted by molar-refractivity contribution is 9.10. The van der Waals surface area contributed by atoms with Crippen LogP contribution in [0.5, 0.6) is 0 Å². The van der Waals surface area contributed by atoms with Crippen LogP contribution in [0.1, 0.15) is 18.5 Å². The van der Waals surface area contributed by atoms with Crippen molar-refractivity contribution in [2.75, 3.05) is 0 Å². The minimum Gasteiger partial charge on any atom is -0.308 e. The first-order chi connectivity index (χ1) is 8.72. The Morgan fingerprint density at radius 1 is 1.44 bits per heavy atom. The van der Waals surface area contributed by atoms with Gasteiger partial charge in [0.05, 0.1) is 5.69 Å². The van der Waals surface area contributed by atoms with Crippen molar-refractivity contribution in [3.8, 4) is 10.6 Å². The molecule has 1 N–H and O–H groups in total. The second-order valence-electron chi connectivity index (χ2n) is 4.42. The van der Waals surface area contributed by atoms with Crippen LogP contribution in [0.4, 0.5) is 4.39 Å². The highest BCUT2D eigenvalue weighted by Gasteiger charge is 2.20. The molecule has 2 aromatic rings. The molecule has 2 nitrogen and oxygen atoms in total. The van der Waals surface area contributed by atoms with Crippen molar-refractivity contribution in [3.05, 3.63) is 39.6 Å². The average Bonchev–Trinajstić information content (AvgIpc) is 3.05. The van der Waals surface area contributed by atoms with Crippen LogP contribution in [-0.2, 0) is 6.54 Å². The van der Waals surface area contributed by atoms with Crippen molar-refractivity contribution in [2.24, 2.45) is 0 Å². The van der Waals surface area contributed by atoms with Gasteiger partial charge >= 0.3 is 0 Å². The van der Waals surface area contributed by atoms with Crippen molar-refractivity contribution >= 4 is 27.3 Å². The van der Waals surface area contributed by atoms with Crippen LogP contribution in [-0.4, -0.2) is 11.0 Å². The fraction of sp³-hybridized carbons (Fsp3) is 0.308. The average molecular weight is 327 g/mol. The molecular weight excluding hydrogens is 315 g/mol. The molecule has 0 amide bonds. The zero-order valence-electron chi connectivity index (χ0n) is 9.62. The summed E-state index contributed by atoms with van der Waals surface area (Å²) in [7, 11) is 0. The molecule has 0 radical (unpaired) electrons. The number of halogens is 2. The zero-order chi connectivity index (χ0) is 12.5. The van der Waals surface area contributed by atoms with E-state index in [0.29, 0.717) is 11.6 Å². The summed E-state index contributed by atoms with van der Waals surface area (Å²) < 4.78 is 14.5. The monoisotopic (exact) mass is 326 g/mol. The molecule has 1 heterocycles. The Labute approximate surface area is 117 Å². The molecule has 1 aromatic carbocycles. The van der Waals surface area contributed by atoms with E-state index in [1.165, 1.54) is 30.2 Å². The van der Waals surface area contributed by atoms with E-state index in [1.807, 2.05) is 11.4 Å². The standard InChI is InChI=1S/C13H12BrFN2S/c14-8-1-4-11(12(15)5-8)13-17-10(7-18-13)6-16-9-2-3-9/h1,4-5,7,9,16H,2-3,6H2. The molecule has 1 fully saturated rings. The van der Waals surface area contributed by atoms with E-state index in [1.54, 1.807) is 6.07 Å². The van der Waals surface area contributed by atoms with Gasteiger partial charge in [-0.2, -0.15) is 0 Å². The molecule has 5 heteroatoms. The summed E-state index contributed by atoms with van der Waals surface area (Å²) >= 11 is 4.74. The maximum Gasteiger partial charge on any atom is 0.134 e. The van der Waals surface area contributed by atoms with E-state index >= 15 is 0 Å². The Bertz CT molecular complexity index is 566. The zero-order valence-corrected chi connectivity index (χ0v) is 12.0. The van der Waals surface area contributed by atoms with Crippen LogP contribution in [0.15, 0.2) is 28.1 Å². The Balaban J connectivity index is 1.78. The first-order valence-electron chi connectivity index (χ1n) is 5.85. The van der Waals surface area contributed by atoms with Crippen LogP contribution < -0.4 is 5.32 Å². The van der Waals surface area contributed by atoms with E-state index in [9.17, 15) is 4.39 Å². The summed E-state index contributed by atoms with van der Waals surface area (Å²) in [6.45, 7) is 0.777. The minimum absolute atomic E-state index is 0.236. The molecule has 0 spiro atoms. The third-order valence-corrected chi connectivity index (χ3v) is 4.28. The van der Waals surface area contributed by atoms with Gasteiger partial charge in [-0.25, -0.2) is 9.37 Å². The number of hydrogen-bond acceptors (Lipinski definition) is 3. The van der Waals surface area contributed by atoms with Gasteiger partial charge in [-0.15, -0.1) is 11.3 Å². The highest BCUT2D eigenvalue weighted by Crippen LogP contribution is 2.28. The van der Waals surface area contributed by atoms with Crippen molar-refractivity contribution in [1.82, 2.24) is 10.3 Å². The molecule has 3 rings (SSSR count). The van der Waals surface area contributed by atoms with Gasteiger partial charge in [-0.05, 0) is 31.0 Å². The third-order valence-electron chi connectivity index (χ3n) is 2.86. The second-order valence-corrected chi connectivity index (χ2v) is 6.20. The SMILES string of the molecule is Fc1cc(Br)ccc1-c1nc(CNC2CC2)cs1. The van der Waals surface area contributed by atoms with Gasteiger partial charge in [0.1, 0.15) is 10.8 Å². The number of benzene rings is 1.